The van der Waals surface area contributed by atoms with E-state index in [0.717, 1.165) is 4.48 Å². The Kier molecular flexibility index (Phi) is 3.38. The van der Waals surface area contributed by atoms with Crippen molar-refractivity contribution in [2.24, 2.45) is 0 Å². The molecular formula is C9H13BrN2O3. The molecule has 15 heavy (non-hydrogen) atoms. The normalized spacial score (nSPS) is 16.4. The first kappa shape index (κ1) is 12.0. The van der Waals surface area contributed by atoms with Gasteiger partial charge in [-0.1, -0.05) is 15.9 Å². The van der Waals surface area contributed by atoms with Gasteiger partial charge in [0.1, 0.15) is 5.60 Å². The molecule has 0 bridgehead atoms. The van der Waals surface area contributed by atoms with Gasteiger partial charge < -0.3 is 4.74 Å². The maximum absolute atomic E-state index is 11.3. The number of nitrogens with zero attached hydrogens (tertiary/aromatic N) is 1. The Balaban J connectivity index is 2.44. The largest absolute Gasteiger partial charge is 0.443 e. The Labute approximate surface area is 96.5 Å². The van der Waals surface area contributed by atoms with Crippen molar-refractivity contribution < 1.29 is 14.3 Å². The van der Waals surface area contributed by atoms with Crippen LogP contribution >= 0.6 is 15.9 Å². The molecule has 0 spiro atoms. The molecular weight excluding hydrogens is 264 g/mol. The van der Waals surface area contributed by atoms with Crippen LogP contribution in [0.5, 0.6) is 0 Å². The van der Waals surface area contributed by atoms with Crippen LogP contribution in [0.15, 0.2) is 10.6 Å². The maximum atomic E-state index is 11.3. The van der Waals surface area contributed by atoms with E-state index in [-0.39, 0.29) is 5.91 Å². The Hall–Kier alpha value is -1.04. The summed E-state index contributed by atoms with van der Waals surface area (Å²) in [5, 5.41) is 1.18. The van der Waals surface area contributed by atoms with Crippen LogP contribution in [0.25, 0.3) is 0 Å². The molecule has 0 atom stereocenters. The molecule has 2 amide bonds. The molecule has 0 unspecified atom stereocenters. The summed E-state index contributed by atoms with van der Waals surface area (Å²) in [5.41, 5.74) is 1.78. The van der Waals surface area contributed by atoms with Crippen molar-refractivity contribution in [3.05, 3.63) is 10.6 Å². The molecule has 1 aliphatic heterocycles. The van der Waals surface area contributed by atoms with Crippen molar-refractivity contribution in [3.8, 4) is 0 Å². The molecule has 84 valence electrons. The predicted octanol–water partition coefficient (Wildman–Crippen LogP) is 1.55. The van der Waals surface area contributed by atoms with Crippen molar-refractivity contribution in [2.75, 3.05) is 6.54 Å². The Bertz CT molecular complexity index is 320. The molecule has 1 rings (SSSR count). The van der Waals surface area contributed by atoms with E-state index >= 15 is 0 Å². The van der Waals surface area contributed by atoms with Gasteiger partial charge in [0.25, 0.3) is 5.91 Å². The molecule has 0 aromatic carbocycles. The zero-order valence-electron chi connectivity index (χ0n) is 8.83. The molecule has 0 aromatic rings. The van der Waals surface area contributed by atoms with Gasteiger partial charge in [-0.3, -0.25) is 4.79 Å². The first-order valence-corrected chi connectivity index (χ1v) is 5.24. The number of carbonyl (C=O) groups is 2. The molecule has 1 aliphatic rings. The van der Waals surface area contributed by atoms with Crippen molar-refractivity contribution in [3.63, 3.8) is 0 Å². The third kappa shape index (κ3) is 3.91. The molecule has 1 heterocycles. The van der Waals surface area contributed by atoms with E-state index in [9.17, 15) is 9.59 Å². The Morgan fingerprint density at radius 3 is 2.60 bits per heavy atom. The minimum Gasteiger partial charge on any atom is -0.443 e. The molecule has 0 aromatic heterocycles. The third-order valence-corrected chi connectivity index (χ3v) is 1.96. The van der Waals surface area contributed by atoms with E-state index in [0.29, 0.717) is 6.54 Å². The highest BCUT2D eigenvalue weighted by Gasteiger charge is 2.24. The molecule has 0 saturated heterocycles. The van der Waals surface area contributed by atoms with Gasteiger partial charge in [-0.25, -0.2) is 15.2 Å². The molecule has 0 radical (unpaired) electrons. The average molecular weight is 277 g/mol. The second-order valence-electron chi connectivity index (χ2n) is 4.13. The number of ether oxygens (including phenoxy) is 1. The molecule has 0 aliphatic carbocycles. The van der Waals surface area contributed by atoms with E-state index in [1.165, 1.54) is 11.1 Å². The van der Waals surface area contributed by atoms with Crippen LogP contribution in [0, 0.1) is 0 Å². The molecule has 0 saturated carbocycles. The average Bonchev–Trinajstić information content (AvgIpc) is 2.25. The minimum absolute atomic E-state index is 0.271. The fourth-order valence-corrected chi connectivity index (χ4v) is 1.44. The highest BCUT2D eigenvalue weighted by molar-refractivity contribution is 9.11. The second-order valence-corrected chi connectivity index (χ2v) is 5.15. The van der Waals surface area contributed by atoms with Gasteiger partial charge in [-0.15, -0.1) is 0 Å². The topological polar surface area (TPSA) is 58.6 Å². The minimum atomic E-state index is -0.633. The fraction of sp³-hybridized carbons (Fsp3) is 0.556. The van der Waals surface area contributed by atoms with Gasteiger partial charge in [0, 0.05) is 10.6 Å². The summed E-state index contributed by atoms with van der Waals surface area (Å²) in [6.45, 7) is 5.60. The number of halogens is 1. The smallest absolute Gasteiger partial charge is 0.426 e. The van der Waals surface area contributed by atoms with Gasteiger partial charge >= 0.3 is 6.09 Å². The molecule has 1 N–H and O–H groups in total. The molecule has 0 fully saturated rings. The number of rotatable bonds is 1. The van der Waals surface area contributed by atoms with E-state index in [4.69, 9.17) is 4.74 Å². The van der Waals surface area contributed by atoms with Gasteiger partial charge in [-0.2, -0.15) is 0 Å². The number of amides is 2. The lowest BCUT2D eigenvalue weighted by molar-refractivity contribution is -0.127. The number of nitrogens with one attached hydrogen (secondary N) is 1. The Morgan fingerprint density at radius 1 is 1.60 bits per heavy atom. The lowest BCUT2D eigenvalue weighted by atomic mass is 10.2. The third-order valence-electron chi connectivity index (χ3n) is 1.48. The van der Waals surface area contributed by atoms with Crippen molar-refractivity contribution in [2.45, 2.75) is 26.4 Å². The van der Waals surface area contributed by atoms with E-state index in [1.807, 2.05) is 0 Å². The Morgan fingerprint density at radius 2 is 2.20 bits per heavy atom. The van der Waals surface area contributed by atoms with Crippen molar-refractivity contribution in [1.82, 2.24) is 10.4 Å². The summed E-state index contributed by atoms with van der Waals surface area (Å²) >= 11 is 3.18. The summed E-state index contributed by atoms with van der Waals surface area (Å²) in [4.78, 5) is 22.5. The number of hydrazine groups is 1. The summed E-state index contributed by atoms with van der Waals surface area (Å²) in [5.74, 6) is -0.271. The van der Waals surface area contributed by atoms with Crippen molar-refractivity contribution >= 4 is 27.9 Å². The zero-order chi connectivity index (χ0) is 11.6. The van der Waals surface area contributed by atoms with Crippen LogP contribution in [0.2, 0.25) is 0 Å². The lowest BCUT2D eigenvalue weighted by Gasteiger charge is -2.23. The highest BCUT2D eigenvalue weighted by atomic mass is 79.9. The monoisotopic (exact) mass is 276 g/mol. The van der Waals surface area contributed by atoms with E-state index in [1.54, 1.807) is 20.8 Å². The lowest BCUT2D eigenvalue weighted by Crippen LogP contribution is -2.45. The van der Waals surface area contributed by atoms with Gasteiger partial charge in [-0.05, 0) is 20.8 Å². The van der Waals surface area contributed by atoms with Crippen LogP contribution in [0.1, 0.15) is 20.8 Å². The number of carbonyl (C=O) groups excluding carboxylic acids is 2. The zero-order valence-corrected chi connectivity index (χ0v) is 10.4. The van der Waals surface area contributed by atoms with Crippen LogP contribution < -0.4 is 5.43 Å². The standard InChI is InChI=1S/C9H13BrN2O3/c1-9(2,3)15-8(14)11-12-5-6(10)4-7(12)13/h4H,5H2,1-3H3,(H,11,14). The fourth-order valence-electron chi connectivity index (χ4n) is 0.992. The predicted molar refractivity (Wildman–Crippen MR) is 58.1 cm³/mol. The number of hydrogen-bond acceptors (Lipinski definition) is 3. The van der Waals surface area contributed by atoms with Crippen LogP contribution in [0.3, 0.4) is 0 Å². The van der Waals surface area contributed by atoms with E-state index in [2.05, 4.69) is 21.4 Å². The van der Waals surface area contributed by atoms with Gasteiger partial charge in [0.15, 0.2) is 0 Å². The van der Waals surface area contributed by atoms with Gasteiger partial charge in [0.05, 0.1) is 6.54 Å². The first-order chi connectivity index (χ1) is 6.78. The van der Waals surface area contributed by atoms with Crippen molar-refractivity contribution in [1.29, 1.82) is 0 Å². The first-order valence-electron chi connectivity index (χ1n) is 4.45. The van der Waals surface area contributed by atoms with Crippen LogP contribution in [-0.2, 0) is 9.53 Å². The summed E-state index contributed by atoms with van der Waals surface area (Å²) in [6, 6.07) is 0. The maximum Gasteiger partial charge on any atom is 0.426 e. The second kappa shape index (κ2) is 4.22. The molecule has 5 nitrogen and oxygen atoms in total. The van der Waals surface area contributed by atoms with Gasteiger partial charge in [0.2, 0.25) is 0 Å². The summed E-state index contributed by atoms with van der Waals surface area (Å²) in [7, 11) is 0. The SMILES string of the molecule is CC(C)(C)OC(=O)NN1CC(Br)=CC1=O. The van der Waals surface area contributed by atoms with Crippen LogP contribution in [-0.4, -0.2) is 29.2 Å². The quantitative estimate of drug-likeness (QED) is 0.791. The highest BCUT2D eigenvalue weighted by Crippen LogP contribution is 2.14. The van der Waals surface area contributed by atoms with E-state index < -0.39 is 11.7 Å². The number of hydrogen-bond donors (Lipinski definition) is 1. The summed E-state index contributed by atoms with van der Waals surface area (Å²) in [6.07, 6.45) is 0.767. The van der Waals surface area contributed by atoms with Crippen LogP contribution in [0.4, 0.5) is 4.79 Å². The summed E-state index contributed by atoms with van der Waals surface area (Å²) < 4.78 is 5.73. The molecule has 6 heteroatoms.